The molecule has 1 saturated heterocycles. The van der Waals surface area contributed by atoms with Crippen molar-refractivity contribution in [1.29, 1.82) is 0 Å². The van der Waals surface area contributed by atoms with Gasteiger partial charge in [-0.2, -0.15) is 0 Å². The van der Waals surface area contributed by atoms with Crippen molar-refractivity contribution >= 4 is 11.8 Å². The molecule has 0 aliphatic carbocycles. The van der Waals surface area contributed by atoms with Crippen LogP contribution in [0.15, 0.2) is 24.3 Å². The Hall–Kier alpha value is -2.04. The molecule has 1 aromatic carbocycles. The summed E-state index contributed by atoms with van der Waals surface area (Å²) in [5.74, 6) is 0.937. The predicted octanol–water partition coefficient (Wildman–Crippen LogP) is 1.96. The standard InChI is InChI=1S/C17H24N2O3/c1-13-6-5-9-19(12-13)17(21)10-16(20)18-11-14-7-3-4-8-15(14)22-2/h3-4,7-8,13H,5-6,9-12H2,1-2H3,(H,18,20). The van der Waals surface area contributed by atoms with Crippen LogP contribution in [0.25, 0.3) is 0 Å². The molecule has 1 unspecified atom stereocenters. The molecule has 0 aromatic heterocycles. The fraction of sp³-hybridized carbons (Fsp3) is 0.529. The van der Waals surface area contributed by atoms with Crippen molar-refractivity contribution < 1.29 is 14.3 Å². The Labute approximate surface area is 131 Å². The molecule has 1 atom stereocenters. The number of likely N-dealkylation sites (tertiary alicyclic amines) is 1. The van der Waals surface area contributed by atoms with Gasteiger partial charge in [-0.3, -0.25) is 9.59 Å². The van der Waals surface area contributed by atoms with Crippen LogP contribution in [0.1, 0.15) is 31.7 Å². The first-order valence-electron chi connectivity index (χ1n) is 7.76. The summed E-state index contributed by atoms with van der Waals surface area (Å²) in [6.07, 6.45) is 2.10. The Bertz CT molecular complexity index is 530. The highest BCUT2D eigenvalue weighted by Crippen LogP contribution is 2.17. The Morgan fingerprint density at radius 3 is 2.86 bits per heavy atom. The molecule has 2 rings (SSSR count). The second-order valence-corrected chi connectivity index (χ2v) is 5.85. The summed E-state index contributed by atoms with van der Waals surface area (Å²) < 4.78 is 5.24. The lowest BCUT2D eigenvalue weighted by molar-refractivity contribution is -0.137. The highest BCUT2D eigenvalue weighted by Gasteiger charge is 2.22. The number of benzene rings is 1. The van der Waals surface area contributed by atoms with Gasteiger partial charge in [-0.15, -0.1) is 0 Å². The Morgan fingerprint density at radius 2 is 2.14 bits per heavy atom. The summed E-state index contributed by atoms with van der Waals surface area (Å²) in [6.45, 7) is 4.04. The van der Waals surface area contributed by atoms with Gasteiger partial charge in [0.2, 0.25) is 11.8 Å². The van der Waals surface area contributed by atoms with Crippen LogP contribution < -0.4 is 10.1 Å². The van der Waals surface area contributed by atoms with Gasteiger partial charge in [0.25, 0.3) is 0 Å². The minimum Gasteiger partial charge on any atom is -0.496 e. The van der Waals surface area contributed by atoms with Gasteiger partial charge in [0.15, 0.2) is 0 Å². The predicted molar refractivity (Wildman–Crippen MR) is 84.4 cm³/mol. The van der Waals surface area contributed by atoms with E-state index in [1.165, 1.54) is 0 Å². The van der Waals surface area contributed by atoms with Crippen molar-refractivity contribution in [3.63, 3.8) is 0 Å². The van der Waals surface area contributed by atoms with Crippen LogP contribution in [0.2, 0.25) is 0 Å². The average Bonchev–Trinajstić information content (AvgIpc) is 2.53. The zero-order chi connectivity index (χ0) is 15.9. The van der Waals surface area contributed by atoms with Crippen molar-refractivity contribution in [3.8, 4) is 5.75 Å². The average molecular weight is 304 g/mol. The van der Waals surface area contributed by atoms with E-state index in [1.807, 2.05) is 24.3 Å². The number of piperidine rings is 1. The number of para-hydroxylation sites is 1. The lowest BCUT2D eigenvalue weighted by Gasteiger charge is -2.30. The molecule has 0 saturated carbocycles. The molecule has 1 aliphatic rings. The number of hydrogen-bond acceptors (Lipinski definition) is 3. The number of carbonyl (C=O) groups is 2. The Kier molecular flexibility index (Phi) is 5.81. The molecule has 22 heavy (non-hydrogen) atoms. The van der Waals surface area contributed by atoms with Crippen LogP contribution in [0.4, 0.5) is 0 Å². The molecule has 1 aromatic rings. The van der Waals surface area contributed by atoms with E-state index < -0.39 is 0 Å². The van der Waals surface area contributed by atoms with Crippen molar-refractivity contribution in [2.24, 2.45) is 5.92 Å². The van der Waals surface area contributed by atoms with Gasteiger partial charge in [0.05, 0.1) is 7.11 Å². The monoisotopic (exact) mass is 304 g/mol. The lowest BCUT2D eigenvalue weighted by Crippen LogP contribution is -2.41. The number of ether oxygens (including phenoxy) is 1. The maximum Gasteiger partial charge on any atom is 0.232 e. The maximum atomic E-state index is 12.1. The maximum absolute atomic E-state index is 12.1. The van der Waals surface area contributed by atoms with Crippen LogP contribution in [0.3, 0.4) is 0 Å². The minimum absolute atomic E-state index is 0.0796. The molecular weight excluding hydrogens is 280 g/mol. The smallest absolute Gasteiger partial charge is 0.232 e. The molecule has 0 bridgehead atoms. The van der Waals surface area contributed by atoms with E-state index in [2.05, 4.69) is 12.2 Å². The van der Waals surface area contributed by atoms with Gasteiger partial charge in [-0.25, -0.2) is 0 Å². The number of methoxy groups -OCH3 is 1. The van der Waals surface area contributed by atoms with Gasteiger partial charge in [0.1, 0.15) is 12.2 Å². The first kappa shape index (κ1) is 16.3. The zero-order valence-corrected chi connectivity index (χ0v) is 13.3. The Balaban J connectivity index is 1.81. The molecule has 0 radical (unpaired) electrons. The van der Waals surface area contributed by atoms with E-state index in [0.717, 1.165) is 37.2 Å². The van der Waals surface area contributed by atoms with Crippen LogP contribution in [0, 0.1) is 5.92 Å². The van der Waals surface area contributed by atoms with Gasteiger partial charge in [-0.1, -0.05) is 25.1 Å². The second kappa shape index (κ2) is 7.82. The number of rotatable bonds is 5. The summed E-state index contributed by atoms with van der Waals surface area (Å²) in [7, 11) is 1.60. The normalized spacial score (nSPS) is 17.9. The van der Waals surface area contributed by atoms with Gasteiger partial charge < -0.3 is 15.0 Å². The third-order valence-corrected chi connectivity index (χ3v) is 3.99. The van der Waals surface area contributed by atoms with E-state index in [1.54, 1.807) is 12.0 Å². The molecule has 120 valence electrons. The molecule has 1 N–H and O–H groups in total. The van der Waals surface area contributed by atoms with Crippen molar-refractivity contribution in [2.45, 2.75) is 32.7 Å². The van der Waals surface area contributed by atoms with Crippen molar-refractivity contribution in [2.75, 3.05) is 20.2 Å². The zero-order valence-electron chi connectivity index (χ0n) is 13.3. The summed E-state index contributed by atoms with van der Waals surface area (Å²) in [5.41, 5.74) is 0.900. The van der Waals surface area contributed by atoms with E-state index >= 15 is 0 Å². The molecule has 1 heterocycles. The van der Waals surface area contributed by atoms with E-state index in [4.69, 9.17) is 4.74 Å². The molecule has 5 nitrogen and oxygen atoms in total. The third-order valence-electron chi connectivity index (χ3n) is 3.99. The van der Waals surface area contributed by atoms with Gasteiger partial charge >= 0.3 is 0 Å². The number of carbonyl (C=O) groups excluding carboxylic acids is 2. The first-order valence-corrected chi connectivity index (χ1v) is 7.76. The number of nitrogens with one attached hydrogen (secondary N) is 1. The summed E-state index contributed by atoms with van der Waals surface area (Å²) in [6, 6.07) is 7.52. The van der Waals surface area contributed by atoms with E-state index in [-0.39, 0.29) is 18.2 Å². The van der Waals surface area contributed by atoms with Gasteiger partial charge in [-0.05, 0) is 24.8 Å². The fourth-order valence-corrected chi connectivity index (χ4v) is 2.77. The van der Waals surface area contributed by atoms with Crippen LogP contribution in [0.5, 0.6) is 5.75 Å². The molecular formula is C17H24N2O3. The summed E-state index contributed by atoms with van der Waals surface area (Å²) >= 11 is 0. The van der Waals surface area contributed by atoms with Crippen LogP contribution in [-0.4, -0.2) is 36.9 Å². The molecule has 5 heteroatoms. The first-order chi connectivity index (χ1) is 10.6. The number of hydrogen-bond donors (Lipinski definition) is 1. The molecule has 0 spiro atoms. The fourth-order valence-electron chi connectivity index (χ4n) is 2.77. The van der Waals surface area contributed by atoms with Gasteiger partial charge in [0, 0.05) is 25.2 Å². The third kappa shape index (κ3) is 4.48. The van der Waals surface area contributed by atoms with E-state index in [9.17, 15) is 9.59 Å². The second-order valence-electron chi connectivity index (χ2n) is 5.85. The van der Waals surface area contributed by atoms with Crippen molar-refractivity contribution in [1.82, 2.24) is 10.2 Å². The molecule has 2 amide bonds. The summed E-state index contributed by atoms with van der Waals surface area (Å²) in [4.78, 5) is 25.9. The quantitative estimate of drug-likeness (QED) is 0.846. The lowest BCUT2D eigenvalue weighted by atomic mass is 10.00. The SMILES string of the molecule is COc1ccccc1CNC(=O)CC(=O)N1CCCC(C)C1. The highest BCUT2D eigenvalue weighted by atomic mass is 16.5. The van der Waals surface area contributed by atoms with Crippen LogP contribution in [-0.2, 0) is 16.1 Å². The highest BCUT2D eigenvalue weighted by molar-refractivity contribution is 5.96. The molecule has 1 fully saturated rings. The topological polar surface area (TPSA) is 58.6 Å². The largest absolute Gasteiger partial charge is 0.496 e. The minimum atomic E-state index is -0.242. The van der Waals surface area contributed by atoms with E-state index in [0.29, 0.717) is 12.5 Å². The van der Waals surface area contributed by atoms with Crippen molar-refractivity contribution in [3.05, 3.63) is 29.8 Å². The summed E-state index contributed by atoms with van der Waals surface area (Å²) in [5, 5.41) is 2.79. The number of amides is 2. The van der Waals surface area contributed by atoms with Crippen LogP contribution >= 0.6 is 0 Å². The molecule has 1 aliphatic heterocycles. The Morgan fingerprint density at radius 1 is 1.36 bits per heavy atom. The number of nitrogens with zero attached hydrogens (tertiary/aromatic N) is 1.